The van der Waals surface area contributed by atoms with Crippen molar-refractivity contribution in [3.8, 4) is 0 Å². The summed E-state index contributed by atoms with van der Waals surface area (Å²) in [5.41, 5.74) is 4.12. The second kappa shape index (κ2) is 7.41. The summed E-state index contributed by atoms with van der Waals surface area (Å²) in [6.45, 7) is 4.82. The van der Waals surface area contributed by atoms with E-state index in [1.54, 1.807) is 6.07 Å². The molecule has 1 aliphatic rings. The van der Waals surface area contributed by atoms with E-state index in [9.17, 15) is 4.79 Å². The molecule has 5 heteroatoms. The number of pyridine rings is 1. The molecule has 0 spiro atoms. The molecule has 0 unspecified atom stereocenters. The summed E-state index contributed by atoms with van der Waals surface area (Å²) < 4.78 is 0. The number of nitrogen functional groups attached to an aromatic ring is 1. The molecule has 0 atom stereocenters. The van der Waals surface area contributed by atoms with Crippen molar-refractivity contribution < 1.29 is 4.79 Å². The van der Waals surface area contributed by atoms with Crippen molar-refractivity contribution >= 4 is 11.7 Å². The lowest BCUT2D eigenvalue weighted by atomic mass is 9.93. The van der Waals surface area contributed by atoms with Crippen LogP contribution < -0.4 is 11.3 Å². The van der Waals surface area contributed by atoms with E-state index < -0.39 is 0 Å². The van der Waals surface area contributed by atoms with Crippen LogP contribution in [0, 0.1) is 0 Å². The molecule has 1 heterocycles. The quantitative estimate of drug-likeness (QED) is 0.646. The average molecular weight is 290 g/mol. The Labute approximate surface area is 126 Å². The second-order valence-electron chi connectivity index (χ2n) is 5.61. The third-order valence-electron chi connectivity index (χ3n) is 4.25. The zero-order valence-corrected chi connectivity index (χ0v) is 13.1. The first-order chi connectivity index (χ1) is 10.2. The molecular formula is C16H26N4O. The minimum Gasteiger partial charge on any atom is -0.336 e. The summed E-state index contributed by atoms with van der Waals surface area (Å²) in [6, 6.07) is 4.01. The van der Waals surface area contributed by atoms with E-state index in [-0.39, 0.29) is 5.91 Å². The Bertz CT molecular complexity index is 461. The Morgan fingerprint density at radius 2 is 2.05 bits per heavy atom. The Balaban J connectivity index is 2.23. The van der Waals surface area contributed by atoms with Gasteiger partial charge in [0.2, 0.25) is 0 Å². The van der Waals surface area contributed by atoms with Gasteiger partial charge in [-0.2, -0.15) is 0 Å². The number of amides is 1. The highest BCUT2D eigenvalue weighted by molar-refractivity contribution is 5.95. The van der Waals surface area contributed by atoms with Crippen LogP contribution in [0.4, 0.5) is 5.82 Å². The molecular weight excluding hydrogens is 264 g/mol. The molecule has 1 aromatic heterocycles. The van der Waals surface area contributed by atoms with Crippen molar-refractivity contribution in [1.29, 1.82) is 0 Å². The van der Waals surface area contributed by atoms with Crippen LogP contribution >= 0.6 is 0 Å². The summed E-state index contributed by atoms with van der Waals surface area (Å²) in [4.78, 5) is 19.2. The molecule has 21 heavy (non-hydrogen) atoms. The van der Waals surface area contributed by atoms with Crippen LogP contribution in [-0.4, -0.2) is 28.4 Å². The number of hydrogen-bond acceptors (Lipinski definition) is 4. The zero-order chi connectivity index (χ0) is 15.2. The van der Waals surface area contributed by atoms with E-state index in [2.05, 4.69) is 17.3 Å². The molecule has 3 N–H and O–H groups in total. The highest BCUT2D eigenvalue weighted by Gasteiger charge is 2.25. The molecule has 2 rings (SSSR count). The van der Waals surface area contributed by atoms with Gasteiger partial charge in [0.05, 0.1) is 0 Å². The lowest BCUT2D eigenvalue weighted by Gasteiger charge is -2.33. The summed E-state index contributed by atoms with van der Waals surface area (Å²) >= 11 is 0. The van der Waals surface area contributed by atoms with Gasteiger partial charge in [-0.05, 0) is 38.3 Å². The van der Waals surface area contributed by atoms with Gasteiger partial charge in [-0.3, -0.25) is 4.79 Å². The molecule has 0 radical (unpaired) electrons. The third kappa shape index (κ3) is 3.73. The molecule has 0 aromatic carbocycles. The molecule has 116 valence electrons. The van der Waals surface area contributed by atoms with E-state index >= 15 is 0 Å². The average Bonchev–Trinajstić information content (AvgIpc) is 2.55. The van der Waals surface area contributed by atoms with E-state index in [4.69, 9.17) is 5.84 Å². The number of aryl methyl sites for hydroxylation is 1. The number of rotatable bonds is 5. The number of aromatic nitrogens is 1. The van der Waals surface area contributed by atoms with Gasteiger partial charge in [-0.1, -0.05) is 26.2 Å². The zero-order valence-electron chi connectivity index (χ0n) is 13.1. The van der Waals surface area contributed by atoms with E-state index in [0.717, 1.165) is 31.5 Å². The predicted molar refractivity (Wildman–Crippen MR) is 85.0 cm³/mol. The van der Waals surface area contributed by atoms with Gasteiger partial charge in [-0.25, -0.2) is 10.8 Å². The first-order valence-electron chi connectivity index (χ1n) is 7.98. The molecule has 5 nitrogen and oxygen atoms in total. The molecule has 1 aromatic rings. The summed E-state index contributed by atoms with van der Waals surface area (Å²) in [6.07, 6.45) is 6.76. The smallest absolute Gasteiger partial charge is 0.254 e. The van der Waals surface area contributed by atoms with Gasteiger partial charge in [-0.15, -0.1) is 0 Å². The normalized spacial score (nSPS) is 15.8. The number of anilines is 1. The molecule has 0 saturated heterocycles. The van der Waals surface area contributed by atoms with Crippen LogP contribution in [0.5, 0.6) is 0 Å². The maximum atomic E-state index is 12.8. The third-order valence-corrected chi connectivity index (χ3v) is 4.25. The molecule has 0 bridgehead atoms. The van der Waals surface area contributed by atoms with Crippen LogP contribution in [0.2, 0.25) is 0 Å². The van der Waals surface area contributed by atoms with Crippen molar-refractivity contribution in [2.24, 2.45) is 5.84 Å². The number of hydrazine groups is 1. The fraction of sp³-hybridized carbons (Fsp3) is 0.625. The van der Waals surface area contributed by atoms with Gasteiger partial charge in [0.1, 0.15) is 5.82 Å². The van der Waals surface area contributed by atoms with Gasteiger partial charge < -0.3 is 10.3 Å². The second-order valence-corrected chi connectivity index (χ2v) is 5.61. The van der Waals surface area contributed by atoms with Gasteiger partial charge in [0.25, 0.3) is 5.91 Å². The standard InChI is InChI=1S/C16H26N4O/c1-3-13-10-12(11-15(18-13)19-17)16(21)20(4-2)14-8-6-5-7-9-14/h10-11,14H,3-9,17H2,1-2H3,(H,18,19). The molecule has 0 aliphatic heterocycles. The van der Waals surface area contributed by atoms with Gasteiger partial charge in [0, 0.05) is 23.8 Å². The lowest BCUT2D eigenvalue weighted by molar-refractivity contribution is 0.0648. The highest BCUT2D eigenvalue weighted by atomic mass is 16.2. The van der Waals surface area contributed by atoms with Crippen molar-refractivity contribution in [1.82, 2.24) is 9.88 Å². The number of nitrogens with one attached hydrogen (secondary N) is 1. The number of nitrogens with zero attached hydrogens (tertiary/aromatic N) is 2. The molecule has 1 aliphatic carbocycles. The van der Waals surface area contributed by atoms with Crippen molar-refractivity contribution in [2.75, 3.05) is 12.0 Å². The number of nitrogens with two attached hydrogens (primary N) is 1. The lowest BCUT2D eigenvalue weighted by Crippen LogP contribution is -2.41. The largest absolute Gasteiger partial charge is 0.336 e. The highest BCUT2D eigenvalue weighted by Crippen LogP contribution is 2.24. The molecule has 1 fully saturated rings. The minimum absolute atomic E-state index is 0.0954. The van der Waals surface area contributed by atoms with Gasteiger partial charge in [0.15, 0.2) is 0 Å². The van der Waals surface area contributed by atoms with Gasteiger partial charge >= 0.3 is 0 Å². The topological polar surface area (TPSA) is 71.2 Å². The predicted octanol–water partition coefficient (Wildman–Crippen LogP) is 2.72. The van der Waals surface area contributed by atoms with Crippen LogP contribution in [0.15, 0.2) is 12.1 Å². The summed E-state index contributed by atoms with van der Waals surface area (Å²) in [7, 11) is 0. The van der Waals surface area contributed by atoms with Crippen molar-refractivity contribution in [2.45, 2.75) is 58.4 Å². The number of carbonyl (C=O) groups excluding carboxylic acids is 1. The van der Waals surface area contributed by atoms with Crippen LogP contribution in [0.3, 0.4) is 0 Å². The Morgan fingerprint density at radius 1 is 1.33 bits per heavy atom. The van der Waals surface area contributed by atoms with Crippen LogP contribution in [0.1, 0.15) is 62.0 Å². The Morgan fingerprint density at radius 3 is 2.62 bits per heavy atom. The Kier molecular flexibility index (Phi) is 5.56. The van der Waals surface area contributed by atoms with Crippen molar-refractivity contribution in [3.05, 3.63) is 23.4 Å². The summed E-state index contributed by atoms with van der Waals surface area (Å²) in [5, 5.41) is 0. The fourth-order valence-electron chi connectivity index (χ4n) is 3.09. The first-order valence-corrected chi connectivity index (χ1v) is 7.98. The SMILES string of the molecule is CCc1cc(C(=O)N(CC)C2CCCCC2)cc(NN)n1. The monoisotopic (exact) mass is 290 g/mol. The minimum atomic E-state index is 0.0954. The molecule has 1 saturated carbocycles. The number of hydrogen-bond donors (Lipinski definition) is 2. The Hall–Kier alpha value is -1.62. The first kappa shape index (κ1) is 15.8. The maximum absolute atomic E-state index is 12.8. The van der Waals surface area contributed by atoms with E-state index in [0.29, 0.717) is 17.4 Å². The van der Waals surface area contributed by atoms with Crippen LogP contribution in [0.25, 0.3) is 0 Å². The maximum Gasteiger partial charge on any atom is 0.254 e. The fourth-order valence-corrected chi connectivity index (χ4v) is 3.09. The number of carbonyl (C=O) groups is 1. The van der Waals surface area contributed by atoms with Crippen LogP contribution in [-0.2, 0) is 6.42 Å². The van der Waals surface area contributed by atoms with Crippen molar-refractivity contribution in [3.63, 3.8) is 0 Å². The molecule has 1 amide bonds. The van der Waals surface area contributed by atoms with E-state index in [1.165, 1.54) is 19.3 Å². The van der Waals surface area contributed by atoms with E-state index in [1.807, 2.05) is 17.9 Å². The summed E-state index contributed by atoms with van der Waals surface area (Å²) in [5.74, 6) is 6.10.